The summed E-state index contributed by atoms with van der Waals surface area (Å²) in [5.74, 6) is 1.98. The number of aromatic nitrogens is 2. The van der Waals surface area contributed by atoms with Crippen molar-refractivity contribution in [3.8, 4) is 28.6 Å². The van der Waals surface area contributed by atoms with Gasteiger partial charge in [0.15, 0.2) is 0 Å². The van der Waals surface area contributed by atoms with Crippen LogP contribution >= 0.6 is 22.9 Å². The molecule has 1 saturated heterocycles. The van der Waals surface area contributed by atoms with Gasteiger partial charge in [-0.05, 0) is 45.9 Å². The van der Waals surface area contributed by atoms with E-state index in [1.54, 1.807) is 14.2 Å². The quantitative estimate of drug-likeness (QED) is 0.432. The highest BCUT2D eigenvalue weighted by Gasteiger charge is 2.45. The van der Waals surface area contributed by atoms with E-state index in [1.807, 2.05) is 30.3 Å². The second kappa shape index (κ2) is 8.02. The Kier molecular flexibility index (Phi) is 6.05. The molecule has 1 aliphatic heterocycles. The summed E-state index contributed by atoms with van der Waals surface area (Å²) in [4.78, 5) is 0. The highest BCUT2D eigenvalue weighted by Crippen LogP contribution is 2.42. The fourth-order valence-electron chi connectivity index (χ4n) is 3.96. The molecule has 1 fully saturated rings. The van der Waals surface area contributed by atoms with Crippen LogP contribution in [0.25, 0.3) is 11.3 Å². The topological polar surface area (TPSA) is 56.7 Å². The van der Waals surface area contributed by atoms with Crippen molar-refractivity contribution in [2.24, 2.45) is 0 Å². The van der Waals surface area contributed by atoms with Crippen molar-refractivity contribution in [3.05, 3.63) is 30.3 Å². The van der Waals surface area contributed by atoms with Gasteiger partial charge in [-0.1, -0.05) is 0 Å². The summed E-state index contributed by atoms with van der Waals surface area (Å²) in [6.45, 7) is 9.01. The highest BCUT2D eigenvalue weighted by molar-refractivity contribution is 14.1. The molecular formula is C21H28IN3O3. The van der Waals surface area contributed by atoms with Gasteiger partial charge in [-0.3, -0.25) is 0 Å². The number of nitrogens with zero attached hydrogens (tertiary/aromatic N) is 3. The minimum atomic E-state index is 0.0524. The van der Waals surface area contributed by atoms with Crippen molar-refractivity contribution >= 4 is 22.9 Å². The van der Waals surface area contributed by atoms with E-state index in [2.05, 4.69) is 63.9 Å². The Morgan fingerprint density at radius 1 is 0.964 bits per heavy atom. The number of methoxy groups -OCH3 is 2. The number of halogens is 1. The molecule has 7 heteroatoms. The molecule has 0 spiro atoms. The van der Waals surface area contributed by atoms with Crippen molar-refractivity contribution in [2.75, 3.05) is 14.2 Å². The maximum Gasteiger partial charge on any atom is 0.233 e. The number of ether oxygens (including phenoxy) is 3. The molecular weight excluding hydrogens is 469 g/mol. The number of piperidine rings is 1. The summed E-state index contributed by atoms with van der Waals surface area (Å²) in [5.41, 5.74) is 1.70. The van der Waals surface area contributed by atoms with Crippen LogP contribution in [0.4, 0.5) is 0 Å². The lowest BCUT2D eigenvalue weighted by atomic mass is 9.81. The average molecular weight is 497 g/mol. The Morgan fingerprint density at radius 2 is 1.64 bits per heavy atom. The van der Waals surface area contributed by atoms with Gasteiger partial charge in [0, 0.05) is 64.5 Å². The summed E-state index contributed by atoms with van der Waals surface area (Å²) in [6.07, 6.45) is 1.98. The second-order valence-corrected chi connectivity index (χ2v) is 9.34. The number of hydrogen-bond acceptors (Lipinski definition) is 6. The molecule has 0 aliphatic carbocycles. The molecule has 2 heterocycles. The van der Waals surface area contributed by atoms with Crippen LogP contribution in [0.3, 0.4) is 0 Å². The van der Waals surface area contributed by atoms with Gasteiger partial charge in [0.1, 0.15) is 17.6 Å². The van der Waals surface area contributed by atoms with E-state index in [0.29, 0.717) is 11.6 Å². The largest absolute Gasteiger partial charge is 0.497 e. The maximum atomic E-state index is 6.20. The predicted octanol–water partition coefficient (Wildman–Crippen LogP) is 4.91. The first-order chi connectivity index (χ1) is 13.2. The minimum Gasteiger partial charge on any atom is -0.497 e. The van der Waals surface area contributed by atoms with Gasteiger partial charge in [0.2, 0.25) is 5.88 Å². The van der Waals surface area contributed by atoms with Gasteiger partial charge >= 0.3 is 0 Å². The van der Waals surface area contributed by atoms with E-state index >= 15 is 0 Å². The lowest BCUT2D eigenvalue weighted by molar-refractivity contribution is 0.00136. The monoisotopic (exact) mass is 497 g/mol. The number of rotatable bonds is 5. The Balaban J connectivity index is 1.77. The SMILES string of the molecule is COc1ccc(-c2ccc(OC3CC(C)(C)N(I)C(C)(C)C3)nn2)c(OC)c1. The Morgan fingerprint density at radius 3 is 2.18 bits per heavy atom. The van der Waals surface area contributed by atoms with Crippen molar-refractivity contribution in [3.63, 3.8) is 0 Å². The zero-order valence-electron chi connectivity index (χ0n) is 17.3. The molecule has 0 saturated carbocycles. The highest BCUT2D eigenvalue weighted by atomic mass is 127. The van der Waals surface area contributed by atoms with Crippen molar-refractivity contribution in [2.45, 2.75) is 57.7 Å². The van der Waals surface area contributed by atoms with Crippen LogP contribution in [-0.2, 0) is 0 Å². The van der Waals surface area contributed by atoms with Crippen molar-refractivity contribution in [1.29, 1.82) is 0 Å². The molecule has 0 N–H and O–H groups in total. The first-order valence-corrected chi connectivity index (χ1v) is 10.3. The summed E-state index contributed by atoms with van der Waals surface area (Å²) in [5, 5.41) is 8.67. The molecule has 0 amide bonds. The fourth-order valence-corrected chi connectivity index (χ4v) is 4.35. The molecule has 0 radical (unpaired) electrons. The van der Waals surface area contributed by atoms with Crippen molar-refractivity contribution in [1.82, 2.24) is 13.3 Å². The zero-order valence-corrected chi connectivity index (χ0v) is 19.5. The van der Waals surface area contributed by atoms with E-state index in [9.17, 15) is 0 Å². The average Bonchev–Trinajstić information content (AvgIpc) is 2.65. The molecule has 1 aliphatic rings. The summed E-state index contributed by atoms with van der Waals surface area (Å²) >= 11 is 2.43. The molecule has 152 valence electrons. The smallest absolute Gasteiger partial charge is 0.233 e. The fraction of sp³-hybridized carbons (Fsp3) is 0.524. The van der Waals surface area contributed by atoms with E-state index in [0.717, 1.165) is 29.8 Å². The van der Waals surface area contributed by atoms with E-state index in [1.165, 1.54) is 0 Å². The molecule has 1 aromatic heterocycles. The van der Waals surface area contributed by atoms with Crippen LogP contribution in [0.2, 0.25) is 0 Å². The van der Waals surface area contributed by atoms with Crippen molar-refractivity contribution < 1.29 is 14.2 Å². The predicted molar refractivity (Wildman–Crippen MR) is 118 cm³/mol. The molecule has 0 atom stereocenters. The maximum absolute atomic E-state index is 6.20. The molecule has 3 rings (SSSR count). The third-order valence-electron chi connectivity index (χ3n) is 5.13. The van der Waals surface area contributed by atoms with Crippen LogP contribution in [-0.4, -0.2) is 44.7 Å². The number of benzene rings is 1. The van der Waals surface area contributed by atoms with E-state index in [-0.39, 0.29) is 17.2 Å². The summed E-state index contributed by atoms with van der Waals surface area (Å²) < 4.78 is 19.3. The standard InChI is InChI=1S/C21H28IN3O3/c1-20(2)12-15(13-21(3,4)25(20)22)28-19-10-9-17(23-24-19)16-8-7-14(26-5)11-18(16)27-6/h7-11,15H,12-13H2,1-6H3. The molecule has 1 aromatic carbocycles. The Labute approximate surface area is 181 Å². The van der Waals surface area contributed by atoms with Gasteiger partial charge in [-0.15, -0.1) is 10.2 Å². The molecule has 2 aromatic rings. The Bertz CT molecular complexity index is 806. The Hall–Kier alpha value is -1.61. The summed E-state index contributed by atoms with van der Waals surface area (Å²) in [7, 11) is 3.26. The third kappa shape index (κ3) is 4.35. The lowest BCUT2D eigenvalue weighted by Gasteiger charge is -2.51. The van der Waals surface area contributed by atoms with E-state index < -0.39 is 0 Å². The molecule has 6 nitrogen and oxygen atoms in total. The molecule has 28 heavy (non-hydrogen) atoms. The van der Waals surface area contributed by atoms with Crippen LogP contribution < -0.4 is 14.2 Å². The molecule has 0 bridgehead atoms. The van der Waals surface area contributed by atoms with E-state index in [4.69, 9.17) is 14.2 Å². The van der Waals surface area contributed by atoms with Crippen LogP contribution in [0.15, 0.2) is 30.3 Å². The van der Waals surface area contributed by atoms with Gasteiger partial charge in [-0.25, -0.2) is 3.11 Å². The minimum absolute atomic E-state index is 0.0524. The van der Waals surface area contributed by atoms with Crippen LogP contribution in [0.5, 0.6) is 17.4 Å². The first kappa shape index (κ1) is 21.1. The lowest BCUT2D eigenvalue weighted by Crippen LogP contribution is -2.57. The second-order valence-electron chi connectivity index (χ2n) is 8.38. The third-order valence-corrected chi connectivity index (χ3v) is 7.74. The van der Waals surface area contributed by atoms with Gasteiger partial charge in [0.25, 0.3) is 0 Å². The van der Waals surface area contributed by atoms with Crippen LogP contribution in [0.1, 0.15) is 40.5 Å². The van der Waals surface area contributed by atoms with Crippen LogP contribution in [0, 0.1) is 0 Å². The number of hydrogen-bond donors (Lipinski definition) is 0. The zero-order chi connectivity index (χ0) is 20.5. The van der Waals surface area contributed by atoms with Gasteiger partial charge < -0.3 is 14.2 Å². The van der Waals surface area contributed by atoms with Gasteiger partial charge in [0.05, 0.1) is 19.9 Å². The first-order valence-electron chi connectivity index (χ1n) is 9.35. The normalized spacial score (nSPS) is 19.2. The summed E-state index contributed by atoms with van der Waals surface area (Å²) in [6, 6.07) is 9.43. The molecule has 0 unspecified atom stereocenters. The van der Waals surface area contributed by atoms with Gasteiger partial charge in [-0.2, -0.15) is 0 Å².